The van der Waals surface area contributed by atoms with E-state index >= 15 is 0 Å². The Morgan fingerprint density at radius 2 is 1.36 bits per heavy atom. The van der Waals surface area contributed by atoms with Crippen molar-refractivity contribution in [3.05, 3.63) is 47.5 Å². The molecule has 6 heteroatoms. The van der Waals surface area contributed by atoms with E-state index < -0.39 is 0 Å². The van der Waals surface area contributed by atoms with E-state index in [-0.39, 0.29) is 34.2 Å². The summed E-state index contributed by atoms with van der Waals surface area (Å²) in [6, 6.07) is 11.4. The number of carbonyl (C=O) groups excluding carboxylic acids is 2. The van der Waals surface area contributed by atoms with Crippen LogP contribution in [0, 0.1) is 5.41 Å². The number of halogens is 2. The molecule has 0 radical (unpaired) electrons. The number of hydrogen-bond donors (Lipinski definition) is 0. The lowest BCUT2D eigenvalue weighted by atomic mass is 9.88. The van der Waals surface area contributed by atoms with Crippen LogP contribution in [-0.2, 0) is 0 Å². The number of rotatable bonds is 12. The third-order valence-electron chi connectivity index (χ3n) is 6.45. The van der Waals surface area contributed by atoms with Gasteiger partial charge in [-0.15, -0.1) is 0 Å². The first-order chi connectivity index (χ1) is 15.2. The number of benzene rings is 2. The Bertz CT molecular complexity index is 921. The molecule has 0 spiro atoms. The zero-order valence-corrected chi connectivity index (χ0v) is 23.7. The van der Waals surface area contributed by atoms with Crippen LogP contribution in [0.1, 0.15) is 73.1 Å². The van der Waals surface area contributed by atoms with Gasteiger partial charge in [-0.2, -0.15) is 0 Å². The Morgan fingerprint density at radius 3 is 1.91 bits per heavy atom. The average molecular weight is 582 g/mol. The van der Waals surface area contributed by atoms with Crippen molar-refractivity contribution in [2.75, 3.05) is 39.1 Å². The molecule has 3 rings (SSSR count). The Hall–Kier alpha value is -1.24. The lowest BCUT2D eigenvalue weighted by Crippen LogP contribution is -3.00. The van der Waals surface area contributed by atoms with E-state index in [9.17, 15) is 9.59 Å². The maximum absolute atomic E-state index is 13.3. The van der Waals surface area contributed by atoms with Crippen LogP contribution in [0.4, 0.5) is 0 Å². The number of unbranched alkanes of at least 4 members (excludes halogenated alkanes) is 5. The number of imide groups is 1. The van der Waals surface area contributed by atoms with Gasteiger partial charge >= 0.3 is 0 Å². The maximum atomic E-state index is 13.3. The van der Waals surface area contributed by atoms with Crippen LogP contribution in [0.5, 0.6) is 0 Å². The molecule has 0 aliphatic carbocycles. The minimum Gasteiger partial charge on any atom is -1.00 e. The molecule has 1 aliphatic rings. The molecule has 0 saturated heterocycles. The molecule has 4 nitrogen and oxygen atoms in total. The van der Waals surface area contributed by atoms with Gasteiger partial charge in [-0.1, -0.05) is 73.3 Å². The van der Waals surface area contributed by atoms with Gasteiger partial charge in [0.25, 0.3) is 11.8 Å². The van der Waals surface area contributed by atoms with Crippen LogP contribution in [-0.4, -0.2) is 60.3 Å². The number of amides is 2. The standard InChI is InChI=1S/C27H38BrN2O2.BrH/c1-27(2,20-30(3,4)18-10-8-6-5-7-9-17-28)19-29-25(31)22-15-11-13-21-14-12-16-23(24(21)22)26(29)32;/h11-16H,5-10,17-20H2,1-4H3;1H/q+1;/p-1. The van der Waals surface area contributed by atoms with Crippen molar-refractivity contribution >= 4 is 38.5 Å². The Kier molecular flexibility index (Phi) is 10.1. The van der Waals surface area contributed by atoms with Crippen molar-refractivity contribution in [1.29, 1.82) is 0 Å². The second kappa shape index (κ2) is 11.9. The molecular formula is C27H38Br2N2O2. The van der Waals surface area contributed by atoms with Crippen molar-refractivity contribution in [3.8, 4) is 0 Å². The predicted octanol–water partition coefficient (Wildman–Crippen LogP) is 3.28. The van der Waals surface area contributed by atoms with Gasteiger partial charge in [-0.3, -0.25) is 14.5 Å². The summed E-state index contributed by atoms with van der Waals surface area (Å²) in [5.41, 5.74) is 1.11. The fourth-order valence-electron chi connectivity index (χ4n) is 5.28. The third kappa shape index (κ3) is 7.12. The largest absolute Gasteiger partial charge is 1.00 e. The van der Waals surface area contributed by atoms with Crippen molar-refractivity contribution in [2.24, 2.45) is 5.41 Å². The van der Waals surface area contributed by atoms with Crippen LogP contribution in [0.25, 0.3) is 10.8 Å². The van der Waals surface area contributed by atoms with Gasteiger partial charge in [0.15, 0.2) is 0 Å². The number of alkyl halides is 1. The van der Waals surface area contributed by atoms with Crippen LogP contribution >= 0.6 is 15.9 Å². The first-order valence-electron chi connectivity index (χ1n) is 11.9. The second-order valence-electron chi connectivity index (χ2n) is 10.7. The third-order valence-corrected chi connectivity index (χ3v) is 7.01. The van der Waals surface area contributed by atoms with Gasteiger partial charge < -0.3 is 21.5 Å². The summed E-state index contributed by atoms with van der Waals surface area (Å²) in [6.45, 7) is 6.82. The number of quaternary nitrogens is 1. The molecule has 182 valence electrons. The molecule has 2 amide bonds. The summed E-state index contributed by atoms with van der Waals surface area (Å²) in [4.78, 5) is 28.0. The molecule has 1 heterocycles. The highest BCUT2D eigenvalue weighted by Gasteiger charge is 2.38. The summed E-state index contributed by atoms with van der Waals surface area (Å²) in [5, 5.41) is 2.85. The van der Waals surface area contributed by atoms with Crippen molar-refractivity contribution < 1.29 is 31.1 Å². The Balaban J connectivity index is 0.00000385. The van der Waals surface area contributed by atoms with Crippen molar-refractivity contribution in [1.82, 2.24) is 4.90 Å². The average Bonchev–Trinajstić information content (AvgIpc) is 2.73. The van der Waals surface area contributed by atoms with Gasteiger partial charge in [-0.05, 0) is 36.8 Å². The minimum atomic E-state index is -0.176. The fraction of sp³-hybridized carbons (Fsp3) is 0.556. The Labute approximate surface area is 218 Å². The molecule has 0 unspecified atom stereocenters. The summed E-state index contributed by atoms with van der Waals surface area (Å²) >= 11 is 3.50. The monoisotopic (exact) mass is 580 g/mol. The number of nitrogens with zero attached hydrogens (tertiary/aromatic N) is 2. The van der Waals surface area contributed by atoms with Crippen LogP contribution in [0.3, 0.4) is 0 Å². The predicted molar refractivity (Wildman–Crippen MR) is 136 cm³/mol. The lowest BCUT2D eigenvalue weighted by Gasteiger charge is -2.40. The van der Waals surface area contributed by atoms with Crippen LogP contribution in [0.2, 0.25) is 0 Å². The normalized spacial score (nSPS) is 14.0. The van der Waals surface area contributed by atoms with Crippen molar-refractivity contribution in [3.63, 3.8) is 0 Å². The van der Waals surface area contributed by atoms with E-state index in [1.54, 1.807) is 0 Å². The van der Waals surface area contributed by atoms with Gasteiger partial charge in [0, 0.05) is 33.8 Å². The highest BCUT2D eigenvalue weighted by molar-refractivity contribution is 9.09. The number of carbonyl (C=O) groups is 2. The van der Waals surface area contributed by atoms with E-state index in [1.807, 2.05) is 36.4 Å². The van der Waals surface area contributed by atoms with E-state index in [0.717, 1.165) is 33.7 Å². The molecule has 0 aromatic heterocycles. The van der Waals surface area contributed by atoms with Gasteiger partial charge in [0.1, 0.15) is 0 Å². The molecule has 0 fully saturated rings. The van der Waals surface area contributed by atoms with E-state index in [2.05, 4.69) is 43.9 Å². The summed E-state index contributed by atoms with van der Waals surface area (Å²) in [6.07, 6.45) is 7.69. The highest BCUT2D eigenvalue weighted by Crippen LogP contribution is 2.32. The molecule has 2 aromatic rings. The van der Waals surface area contributed by atoms with E-state index in [4.69, 9.17) is 0 Å². The molecule has 2 aromatic carbocycles. The second-order valence-corrected chi connectivity index (χ2v) is 11.5. The molecule has 0 N–H and O–H groups in total. The fourth-order valence-corrected chi connectivity index (χ4v) is 5.68. The zero-order valence-electron chi connectivity index (χ0n) is 20.5. The first kappa shape index (κ1) is 28.0. The lowest BCUT2D eigenvalue weighted by molar-refractivity contribution is -0.896. The molecule has 33 heavy (non-hydrogen) atoms. The van der Waals surface area contributed by atoms with Crippen LogP contribution < -0.4 is 17.0 Å². The molecule has 0 bridgehead atoms. The SMILES string of the molecule is CC(C)(CN1C(=O)c2cccc3cccc(c23)C1=O)C[N+](C)(C)CCCCCCCCBr.[Br-]. The molecule has 0 atom stereocenters. The molecule has 0 saturated carbocycles. The summed E-state index contributed by atoms with van der Waals surface area (Å²) in [5.74, 6) is -0.331. The number of hydrogen-bond acceptors (Lipinski definition) is 2. The smallest absolute Gasteiger partial charge is 0.261 e. The molecular weight excluding hydrogens is 544 g/mol. The van der Waals surface area contributed by atoms with E-state index in [1.165, 1.54) is 43.4 Å². The summed E-state index contributed by atoms with van der Waals surface area (Å²) in [7, 11) is 4.53. The van der Waals surface area contributed by atoms with Gasteiger partial charge in [-0.25, -0.2) is 0 Å². The summed E-state index contributed by atoms with van der Waals surface area (Å²) < 4.78 is 0.900. The van der Waals surface area contributed by atoms with Gasteiger partial charge in [0.05, 0.1) is 27.2 Å². The highest BCUT2D eigenvalue weighted by atomic mass is 79.9. The van der Waals surface area contributed by atoms with Crippen LogP contribution in [0.15, 0.2) is 36.4 Å². The van der Waals surface area contributed by atoms with Crippen molar-refractivity contribution in [2.45, 2.75) is 52.4 Å². The Morgan fingerprint density at radius 1 is 0.848 bits per heavy atom. The van der Waals surface area contributed by atoms with E-state index in [0.29, 0.717) is 17.7 Å². The van der Waals surface area contributed by atoms with Gasteiger partial charge in [0.2, 0.25) is 0 Å². The maximum Gasteiger partial charge on any atom is 0.261 e. The zero-order chi connectivity index (χ0) is 23.4. The quantitative estimate of drug-likeness (QED) is 0.167. The topological polar surface area (TPSA) is 37.4 Å². The molecule has 1 aliphatic heterocycles. The first-order valence-corrected chi connectivity index (χ1v) is 13.0. The minimum absolute atomic E-state index is 0.